The van der Waals surface area contributed by atoms with Crippen molar-refractivity contribution < 1.29 is 9.59 Å². The number of Topliss-reactive ketones (excluding diaryl/α,β-unsaturated/α-hetero) is 1. The van der Waals surface area contributed by atoms with Gasteiger partial charge < -0.3 is 11.1 Å². The van der Waals surface area contributed by atoms with Gasteiger partial charge in [-0.2, -0.15) is 0 Å². The lowest BCUT2D eigenvalue weighted by atomic mass is 9.91. The van der Waals surface area contributed by atoms with Crippen LogP contribution in [0.1, 0.15) is 66.4 Å². The van der Waals surface area contributed by atoms with Crippen LogP contribution in [0.2, 0.25) is 0 Å². The third-order valence-electron chi connectivity index (χ3n) is 5.14. The Morgan fingerprint density at radius 3 is 2.50 bits per heavy atom. The molecule has 3 rings (SSSR count). The number of rotatable bonds is 5. The first kappa shape index (κ1) is 18.9. The van der Waals surface area contributed by atoms with Crippen molar-refractivity contribution in [2.45, 2.75) is 69.9 Å². The fourth-order valence-corrected chi connectivity index (χ4v) is 3.68. The quantitative estimate of drug-likeness (QED) is 0.802. The number of ketones is 1. The van der Waals surface area contributed by atoms with E-state index in [2.05, 4.69) is 11.4 Å². The standard InChI is InChI=1S/C19H26N2O2.ClH/c20-16-6-8-17(9-7-16)21-19(23)11-10-18(22)15-5-4-13-2-1-3-14(13)12-15;/h4-5,12,16-17H,1-3,6-11,20H2,(H,21,23);1H. The summed E-state index contributed by atoms with van der Waals surface area (Å²) in [5.41, 5.74) is 9.30. The zero-order valence-electron chi connectivity index (χ0n) is 14.1. The molecule has 0 unspecified atom stereocenters. The minimum Gasteiger partial charge on any atom is -0.353 e. The van der Waals surface area contributed by atoms with E-state index in [4.69, 9.17) is 5.73 Å². The normalized spacial score (nSPS) is 22.4. The molecule has 0 heterocycles. The van der Waals surface area contributed by atoms with Crippen LogP contribution in [-0.4, -0.2) is 23.8 Å². The molecule has 1 aromatic rings. The smallest absolute Gasteiger partial charge is 0.220 e. The number of amides is 1. The van der Waals surface area contributed by atoms with E-state index in [1.165, 1.54) is 17.5 Å². The predicted octanol–water partition coefficient (Wildman–Crippen LogP) is 2.95. The lowest BCUT2D eigenvalue weighted by molar-refractivity contribution is -0.122. The highest BCUT2D eigenvalue weighted by Crippen LogP contribution is 2.23. The molecule has 0 bridgehead atoms. The molecule has 1 saturated carbocycles. The zero-order chi connectivity index (χ0) is 16.2. The van der Waals surface area contributed by atoms with Gasteiger partial charge >= 0.3 is 0 Å². The molecule has 2 aliphatic rings. The van der Waals surface area contributed by atoms with Gasteiger partial charge in [-0.05, 0) is 62.1 Å². The number of halogens is 1. The number of carbonyl (C=O) groups excluding carboxylic acids is 2. The summed E-state index contributed by atoms with van der Waals surface area (Å²) in [5, 5.41) is 3.04. The molecule has 1 fully saturated rings. The van der Waals surface area contributed by atoms with Crippen LogP contribution in [0.4, 0.5) is 0 Å². The first-order chi connectivity index (χ1) is 11.1. The summed E-state index contributed by atoms with van der Waals surface area (Å²) in [6, 6.07) is 6.51. The van der Waals surface area contributed by atoms with Crippen LogP contribution in [0, 0.1) is 0 Å². The number of hydrogen-bond donors (Lipinski definition) is 2. The molecule has 24 heavy (non-hydrogen) atoms. The molecule has 4 nitrogen and oxygen atoms in total. The summed E-state index contributed by atoms with van der Waals surface area (Å²) in [5.74, 6) is 0.0560. The first-order valence-electron chi connectivity index (χ1n) is 8.82. The third kappa shape index (κ3) is 4.81. The number of nitrogens with one attached hydrogen (secondary N) is 1. The molecule has 0 atom stereocenters. The fraction of sp³-hybridized carbons (Fsp3) is 0.579. The van der Waals surface area contributed by atoms with Crippen LogP contribution in [-0.2, 0) is 17.6 Å². The number of benzene rings is 1. The summed E-state index contributed by atoms with van der Waals surface area (Å²) < 4.78 is 0. The highest BCUT2D eigenvalue weighted by Gasteiger charge is 2.20. The van der Waals surface area contributed by atoms with E-state index in [0.29, 0.717) is 0 Å². The molecule has 132 valence electrons. The topological polar surface area (TPSA) is 72.2 Å². The molecular formula is C19H27ClN2O2. The maximum atomic E-state index is 12.3. The number of nitrogens with two attached hydrogens (primary N) is 1. The Morgan fingerprint density at radius 1 is 1.04 bits per heavy atom. The largest absolute Gasteiger partial charge is 0.353 e. The Bertz CT molecular complexity index is 595. The Kier molecular flexibility index (Phi) is 6.81. The number of carbonyl (C=O) groups is 2. The molecule has 1 amide bonds. The summed E-state index contributed by atoms with van der Waals surface area (Å²) in [6.45, 7) is 0. The molecule has 0 aliphatic heterocycles. The Balaban J connectivity index is 0.00000208. The summed E-state index contributed by atoms with van der Waals surface area (Å²) in [7, 11) is 0. The van der Waals surface area contributed by atoms with Crippen LogP contribution in [0.25, 0.3) is 0 Å². The second kappa shape index (κ2) is 8.63. The van der Waals surface area contributed by atoms with Crippen molar-refractivity contribution in [2.75, 3.05) is 0 Å². The van der Waals surface area contributed by atoms with Crippen LogP contribution in [0.5, 0.6) is 0 Å². The summed E-state index contributed by atoms with van der Waals surface area (Å²) in [6.07, 6.45) is 7.78. The van der Waals surface area contributed by atoms with Gasteiger partial charge in [0.1, 0.15) is 0 Å². The van der Waals surface area contributed by atoms with E-state index in [-0.39, 0.29) is 49.0 Å². The van der Waals surface area contributed by atoms with Gasteiger partial charge in [0.15, 0.2) is 5.78 Å². The lowest BCUT2D eigenvalue weighted by Crippen LogP contribution is -2.40. The van der Waals surface area contributed by atoms with Gasteiger partial charge in [0, 0.05) is 30.5 Å². The molecule has 3 N–H and O–H groups in total. The van der Waals surface area contributed by atoms with Crippen molar-refractivity contribution in [3.05, 3.63) is 34.9 Å². The van der Waals surface area contributed by atoms with Gasteiger partial charge in [0.05, 0.1) is 0 Å². The van der Waals surface area contributed by atoms with E-state index in [9.17, 15) is 9.59 Å². The van der Waals surface area contributed by atoms with Crippen molar-refractivity contribution >= 4 is 24.1 Å². The molecule has 5 heteroatoms. The van der Waals surface area contributed by atoms with Crippen molar-refractivity contribution in [3.63, 3.8) is 0 Å². The van der Waals surface area contributed by atoms with E-state index in [1.54, 1.807) is 0 Å². The van der Waals surface area contributed by atoms with E-state index >= 15 is 0 Å². The molecule has 1 aromatic carbocycles. The van der Waals surface area contributed by atoms with Crippen LogP contribution < -0.4 is 11.1 Å². The number of aryl methyl sites for hydroxylation is 2. The van der Waals surface area contributed by atoms with Crippen molar-refractivity contribution in [1.29, 1.82) is 0 Å². The molecule has 0 radical (unpaired) electrons. The minimum atomic E-state index is -0.0139. The second-order valence-electron chi connectivity index (χ2n) is 6.94. The van der Waals surface area contributed by atoms with Gasteiger partial charge in [-0.1, -0.05) is 12.1 Å². The lowest BCUT2D eigenvalue weighted by Gasteiger charge is -2.26. The number of hydrogen-bond acceptors (Lipinski definition) is 3. The van der Waals surface area contributed by atoms with E-state index < -0.39 is 0 Å². The predicted molar refractivity (Wildman–Crippen MR) is 97.7 cm³/mol. The van der Waals surface area contributed by atoms with Crippen molar-refractivity contribution in [2.24, 2.45) is 5.73 Å². The molecule has 0 spiro atoms. The van der Waals surface area contributed by atoms with Crippen LogP contribution in [0.3, 0.4) is 0 Å². The summed E-state index contributed by atoms with van der Waals surface area (Å²) in [4.78, 5) is 24.3. The van der Waals surface area contributed by atoms with Gasteiger partial charge in [-0.3, -0.25) is 9.59 Å². The minimum absolute atomic E-state index is 0. The highest BCUT2D eigenvalue weighted by atomic mass is 35.5. The maximum Gasteiger partial charge on any atom is 0.220 e. The Morgan fingerprint density at radius 2 is 1.75 bits per heavy atom. The zero-order valence-corrected chi connectivity index (χ0v) is 14.9. The molecule has 0 saturated heterocycles. The van der Waals surface area contributed by atoms with E-state index in [1.807, 2.05) is 12.1 Å². The first-order valence-corrected chi connectivity index (χ1v) is 8.82. The summed E-state index contributed by atoms with van der Waals surface area (Å²) >= 11 is 0. The van der Waals surface area contributed by atoms with Crippen molar-refractivity contribution in [3.8, 4) is 0 Å². The third-order valence-corrected chi connectivity index (χ3v) is 5.14. The molecular weight excluding hydrogens is 324 g/mol. The monoisotopic (exact) mass is 350 g/mol. The Labute approximate surface area is 150 Å². The van der Waals surface area contributed by atoms with Gasteiger partial charge in [-0.25, -0.2) is 0 Å². The molecule has 0 aromatic heterocycles. The van der Waals surface area contributed by atoms with E-state index in [0.717, 1.165) is 44.1 Å². The van der Waals surface area contributed by atoms with Crippen LogP contribution >= 0.6 is 12.4 Å². The maximum absolute atomic E-state index is 12.3. The average Bonchev–Trinajstić information content (AvgIpc) is 3.02. The highest BCUT2D eigenvalue weighted by molar-refractivity contribution is 5.98. The van der Waals surface area contributed by atoms with Gasteiger partial charge in [-0.15, -0.1) is 12.4 Å². The van der Waals surface area contributed by atoms with Crippen molar-refractivity contribution in [1.82, 2.24) is 5.32 Å². The molecule has 2 aliphatic carbocycles. The van der Waals surface area contributed by atoms with Gasteiger partial charge in [0.25, 0.3) is 0 Å². The average molecular weight is 351 g/mol. The van der Waals surface area contributed by atoms with Crippen LogP contribution in [0.15, 0.2) is 18.2 Å². The Hall–Kier alpha value is -1.39. The SMILES string of the molecule is Cl.NC1CCC(NC(=O)CCC(=O)c2ccc3c(c2)CCC3)CC1. The second-order valence-corrected chi connectivity index (χ2v) is 6.94. The van der Waals surface area contributed by atoms with Gasteiger partial charge in [0.2, 0.25) is 5.91 Å². The number of fused-ring (bicyclic) bond motifs is 1. The fourth-order valence-electron chi connectivity index (χ4n) is 3.68.